The number of carbonyl (C=O) groups excluding carboxylic acids is 2. The highest BCUT2D eigenvalue weighted by Crippen LogP contribution is 2.55. The van der Waals surface area contributed by atoms with Gasteiger partial charge in [-0.25, -0.2) is 4.39 Å². The molecule has 2 aromatic carbocycles. The number of carbonyl (C=O) groups is 2. The number of nitrogens with zero attached hydrogens (tertiary/aromatic N) is 2. The molecular weight excluding hydrogens is 479 g/mol. The van der Waals surface area contributed by atoms with Gasteiger partial charge < -0.3 is 15.2 Å². The summed E-state index contributed by atoms with van der Waals surface area (Å²) >= 11 is 0. The number of halogens is 1. The monoisotopic (exact) mass is 510 g/mol. The first kappa shape index (κ1) is 24.3. The fourth-order valence-electron chi connectivity index (χ4n) is 6.03. The molecule has 6 nitrogen and oxygen atoms in total. The van der Waals surface area contributed by atoms with Gasteiger partial charge in [-0.05, 0) is 85.0 Å². The highest BCUT2D eigenvalue weighted by Gasteiger charge is 2.48. The number of rotatable bonds is 7. The number of aromatic nitrogens is 2. The molecule has 7 heteroatoms. The third-order valence-corrected chi connectivity index (χ3v) is 8.20. The normalized spacial score (nSPS) is 16.2. The van der Waals surface area contributed by atoms with E-state index in [1.807, 2.05) is 48.0 Å². The molecule has 2 aromatic heterocycles. The molecule has 4 aromatic rings. The Balaban J connectivity index is 1.22. The van der Waals surface area contributed by atoms with Crippen molar-refractivity contribution in [3.05, 3.63) is 89.6 Å². The van der Waals surface area contributed by atoms with Gasteiger partial charge in [0, 0.05) is 36.9 Å². The van der Waals surface area contributed by atoms with Gasteiger partial charge in [-0.15, -0.1) is 0 Å². The molecule has 0 radical (unpaired) electrons. The fourth-order valence-corrected chi connectivity index (χ4v) is 6.03. The molecule has 2 aliphatic rings. The van der Waals surface area contributed by atoms with E-state index in [1.54, 1.807) is 24.4 Å². The summed E-state index contributed by atoms with van der Waals surface area (Å²) in [4.78, 5) is 29.6. The summed E-state index contributed by atoms with van der Waals surface area (Å²) < 4.78 is 16.6. The summed E-state index contributed by atoms with van der Waals surface area (Å²) in [6.07, 6.45) is 9.44. The smallest absolute Gasteiger partial charge is 0.269 e. The van der Waals surface area contributed by atoms with Gasteiger partial charge in [-0.3, -0.25) is 14.6 Å². The lowest BCUT2D eigenvalue weighted by Gasteiger charge is -2.54. The molecule has 194 valence electrons. The Morgan fingerprint density at radius 3 is 2.53 bits per heavy atom. The minimum atomic E-state index is -0.330. The predicted molar refractivity (Wildman–Crippen MR) is 145 cm³/mol. The van der Waals surface area contributed by atoms with Crippen molar-refractivity contribution in [2.24, 2.45) is 5.41 Å². The number of fused-ring (bicyclic) bond motifs is 1. The van der Waals surface area contributed by atoms with Crippen LogP contribution in [0.2, 0.25) is 0 Å². The number of hydrogen-bond donors (Lipinski definition) is 2. The largest absolute Gasteiger partial charge is 0.351 e. The molecule has 0 unspecified atom stereocenters. The van der Waals surface area contributed by atoms with Crippen LogP contribution < -0.4 is 10.6 Å². The topological polar surface area (TPSA) is 76.0 Å². The third-order valence-electron chi connectivity index (χ3n) is 8.20. The summed E-state index contributed by atoms with van der Waals surface area (Å²) in [6, 6.07) is 16.6. The van der Waals surface area contributed by atoms with E-state index in [9.17, 15) is 14.0 Å². The highest BCUT2D eigenvalue weighted by atomic mass is 19.1. The molecule has 2 fully saturated rings. The van der Waals surface area contributed by atoms with Crippen LogP contribution in [-0.4, -0.2) is 34.0 Å². The van der Waals surface area contributed by atoms with Crippen molar-refractivity contribution >= 4 is 22.7 Å². The van der Waals surface area contributed by atoms with Crippen LogP contribution in [0.3, 0.4) is 0 Å². The van der Waals surface area contributed by atoms with E-state index in [2.05, 4.69) is 15.6 Å². The van der Waals surface area contributed by atoms with Crippen molar-refractivity contribution in [2.75, 3.05) is 6.54 Å². The maximum Gasteiger partial charge on any atom is 0.269 e. The molecule has 2 aliphatic carbocycles. The summed E-state index contributed by atoms with van der Waals surface area (Å²) in [7, 11) is 0. The molecular formula is C31H31FN4O2. The maximum absolute atomic E-state index is 14.7. The van der Waals surface area contributed by atoms with Crippen molar-refractivity contribution in [3.63, 3.8) is 0 Å². The van der Waals surface area contributed by atoms with Crippen LogP contribution in [0.1, 0.15) is 65.4 Å². The first-order valence-electron chi connectivity index (χ1n) is 13.4. The van der Waals surface area contributed by atoms with Gasteiger partial charge >= 0.3 is 0 Å². The highest BCUT2D eigenvalue weighted by molar-refractivity contribution is 6.06. The van der Waals surface area contributed by atoms with Crippen LogP contribution in [0.15, 0.2) is 67.0 Å². The van der Waals surface area contributed by atoms with Crippen molar-refractivity contribution in [1.82, 2.24) is 20.2 Å². The minimum Gasteiger partial charge on any atom is -0.351 e. The molecule has 0 atom stereocenters. The second-order valence-corrected chi connectivity index (χ2v) is 10.7. The van der Waals surface area contributed by atoms with Gasteiger partial charge in [-0.1, -0.05) is 30.7 Å². The molecule has 38 heavy (non-hydrogen) atoms. The van der Waals surface area contributed by atoms with E-state index in [4.69, 9.17) is 0 Å². The quantitative estimate of drug-likeness (QED) is 0.335. The SMILES string of the molecule is CCNC(=O)c1cc(-c2ccc(Cn3ccc4c(F)ccc(C(=O)NC5CC6(CCC6)C5)c43)cc2)ccn1. The van der Waals surface area contributed by atoms with Crippen molar-refractivity contribution < 1.29 is 14.0 Å². The lowest BCUT2D eigenvalue weighted by atomic mass is 9.54. The van der Waals surface area contributed by atoms with Crippen LogP contribution in [-0.2, 0) is 6.54 Å². The Morgan fingerprint density at radius 2 is 1.82 bits per heavy atom. The zero-order valence-electron chi connectivity index (χ0n) is 21.5. The van der Waals surface area contributed by atoms with Crippen LogP contribution in [0.4, 0.5) is 4.39 Å². The average molecular weight is 511 g/mol. The zero-order chi connectivity index (χ0) is 26.3. The standard InChI is InChI=1S/C31H31FN4O2/c1-2-33-30(38)27-16-22(10-14-34-27)21-6-4-20(5-7-21)19-36-15-11-24-26(32)9-8-25(28(24)36)29(37)35-23-17-31(18-23)12-3-13-31/h4-11,14-16,23H,2-3,12-13,17-19H2,1H3,(H,33,38)(H,35,37). The molecule has 2 saturated carbocycles. The second-order valence-electron chi connectivity index (χ2n) is 10.7. The van der Waals surface area contributed by atoms with Gasteiger partial charge in [0.05, 0.1) is 11.1 Å². The molecule has 0 bridgehead atoms. The second kappa shape index (κ2) is 9.71. The predicted octanol–water partition coefficient (Wildman–Crippen LogP) is 5.70. The Morgan fingerprint density at radius 1 is 1.03 bits per heavy atom. The van der Waals surface area contributed by atoms with Crippen LogP contribution in [0, 0.1) is 11.2 Å². The van der Waals surface area contributed by atoms with Gasteiger partial charge in [-0.2, -0.15) is 0 Å². The molecule has 6 rings (SSSR count). The number of benzene rings is 2. The van der Waals surface area contributed by atoms with Crippen molar-refractivity contribution in [3.8, 4) is 11.1 Å². The van der Waals surface area contributed by atoms with E-state index in [-0.39, 0.29) is 23.7 Å². The molecule has 1 spiro atoms. The number of nitrogens with one attached hydrogen (secondary N) is 2. The van der Waals surface area contributed by atoms with Crippen LogP contribution >= 0.6 is 0 Å². The van der Waals surface area contributed by atoms with E-state index < -0.39 is 0 Å². The summed E-state index contributed by atoms with van der Waals surface area (Å²) in [5.41, 5.74) is 4.87. The third kappa shape index (κ3) is 4.46. The first-order chi connectivity index (χ1) is 18.4. The molecule has 0 aliphatic heterocycles. The Kier molecular flexibility index (Phi) is 6.22. The van der Waals surface area contributed by atoms with Gasteiger partial charge in [0.25, 0.3) is 11.8 Å². The molecule has 2 amide bonds. The van der Waals surface area contributed by atoms with Gasteiger partial charge in [0.1, 0.15) is 11.5 Å². The van der Waals surface area contributed by atoms with E-state index >= 15 is 0 Å². The lowest BCUT2D eigenvalue weighted by molar-refractivity contribution is -0.000606. The number of pyridine rings is 1. The zero-order valence-corrected chi connectivity index (χ0v) is 21.5. The van der Waals surface area contributed by atoms with E-state index in [1.165, 1.54) is 25.3 Å². The van der Waals surface area contributed by atoms with Crippen molar-refractivity contribution in [1.29, 1.82) is 0 Å². The molecule has 2 heterocycles. The Bertz CT molecular complexity index is 1510. The summed E-state index contributed by atoms with van der Waals surface area (Å²) in [5, 5.41) is 6.41. The Labute approximate surface area is 221 Å². The van der Waals surface area contributed by atoms with Crippen LogP contribution in [0.5, 0.6) is 0 Å². The van der Waals surface area contributed by atoms with E-state index in [0.29, 0.717) is 40.7 Å². The molecule has 0 saturated heterocycles. The number of hydrogen-bond acceptors (Lipinski definition) is 3. The van der Waals surface area contributed by atoms with Gasteiger partial charge in [0.2, 0.25) is 0 Å². The fraction of sp³-hybridized carbons (Fsp3) is 0.323. The summed E-state index contributed by atoms with van der Waals surface area (Å²) in [5.74, 6) is -0.661. The lowest BCUT2D eigenvalue weighted by Crippen LogP contribution is -2.53. The average Bonchev–Trinajstić information content (AvgIpc) is 3.30. The number of amides is 2. The Hall–Kier alpha value is -4.00. The van der Waals surface area contributed by atoms with E-state index in [0.717, 1.165) is 29.5 Å². The van der Waals surface area contributed by atoms with Gasteiger partial charge in [0.15, 0.2) is 0 Å². The van der Waals surface area contributed by atoms with Crippen molar-refractivity contribution in [2.45, 2.75) is 51.6 Å². The molecule has 2 N–H and O–H groups in total. The first-order valence-corrected chi connectivity index (χ1v) is 13.4. The summed E-state index contributed by atoms with van der Waals surface area (Å²) in [6.45, 7) is 2.92. The maximum atomic E-state index is 14.7. The minimum absolute atomic E-state index is 0.134. The van der Waals surface area contributed by atoms with Crippen LogP contribution in [0.25, 0.3) is 22.0 Å².